The molecule has 1 N–H and O–H groups in total. The van der Waals surface area contributed by atoms with E-state index in [9.17, 15) is 23.6 Å². The van der Waals surface area contributed by atoms with Gasteiger partial charge in [-0.2, -0.15) is 10.4 Å². The SMILES string of the molecule is C[C@@](C#N)(COc1ccc(F)c(F)c1)NC(=O)C1=NN(Cc2ccccc2)C(=O)CC1. The van der Waals surface area contributed by atoms with Crippen molar-refractivity contribution in [3.63, 3.8) is 0 Å². The maximum atomic E-state index is 13.3. The van der Waals surface area contributed by atoms with E-state index < -0.39 is 23.1 Å². The van der Waals surface area contributed by atoms with Gasteiger partial charge in [0.25, 0.3) is 5.91 Å². The third kappa shape index (κ3) is 5.63. The van der Waals surface area contributed by atoms with Gasteiger partial charge in [0, 0.05) is 18.9 Å². The number of carbonyl (C=O) groups excluding carboxylic acids is 2. The molecule has 0 fully saturated rings. The summed E-state index contributed by atoms with van der Waals surface area (Å²) in [5, 5.41) is 17.5. The lowest BCUT2D eigenvalue weighted by atomic mass is 10.0. The molecular weight excluding hydrogens is 406 g/mol. The Bertz CT molecular complexity index is 1050. The number of nitrogens with zero attached hydrogens (tertiary/aromatic N) is 3. The number of ether oxygens (including phenoxy) is 1. The number of hydrazone groups is 1. The average molecular weight is 426 g/mol. The van der Waals surface area contributed by atoms with Crippen molar-refractivity contribution in [1.82, 2.24) is 10.3 Å². The van der Waals surface area contributed by atoms with Crippen LogP contribution in [-0.4, -0.2) is 34.7 Å². The molecule has 0 unspecified atom stereocenters. The number of nitriles is 1. The summed E-state index contributed by atoms with van der Waals surface area (Å²) in [4.78, 5) is 24.9. The van der Waals surface area contributed by atoms with Crippen molar-refractivity contribution < 1.29 is 23.1 Å². The van der Waals surface area contributed by atoms with Gasteiger partial charge in [-0.05, 0) is 24.6 Å². The second-order valence-electron chi connectivity index (χ2n) is 7.25. The largest absolute Gasteiger partial charge is 0.490 e. The molecule has 9 heteroatoms. The predicted molar refractivity (Wildman–Crippen MR) is 108 cm³/mol. The van der Waals surface area contributed by atoms with Crippen molar-refractivity contribution in [2.24, 2.45) is 5.10 Å². The lowest BCUT2D eigenvalue weighted by molar-refractivity contribution is -0.132. The fourth-order valence-electron chi connectivity index (χ4n) is 2.86. The molecule has 160 valence electrons. The molecule has 0 saturated carbocycles. The first-order valence-electron chi connectivity index (χ1n) is 9.53. The highest BCUT2D eigenvalue weighted by Crippen LogP contribution is 2.18. The van der Waals surface area contributed by atoms with Crippen LogP contribution >= 0.6 is 0 Å². The highest BCUT2D eigenvalue weighted by molar-refractivity contribution is 6.39. The van der Waals surface area contributed by atoms with Crippen LogP contribution in [0, 0.1) is 23.0 Å². The number of nitrogens with one attached hydrogen (secondary N) is 1. The van der Waals surface area contributed by atoms with Gasteiger partial charge in [-0.15, -0.1) is 0 Å². The number of carbonyl (C=O) groups is 2. The lowest BCUT2D eigenvalue weighted by Crippen LogP contribution is -2.52. The Labute approximate surface area is 177 Å². The summed E-state index contributed by atoms with van der Waals surface area (Å²) < 4.78 is 31.7. The first kappa shape index (κ1) is 21.9. The molecule has 2 amide bonds. The number of amides is 2. The van der Waals surface area contributed by atoms with E-state index in [0.717, 1.165) is 17.7 Å². The zero-order valence-electron chi connectivity index (χ0n) is 16.8. The van der Waals surface area contributed by atoms with E-state index in [4.69, 9.17) is 4.74 Å². The van der Waals surface area contributed by atoms with E-state index in [0.29, 0.717) is 0 Å². The van der Waals surface area contributed by atoms with Crippen LogP contribution in [-0.2, 0) is 16.1 Å². The molecule has 7 nitrogen and oxygen atoms in total. The smallest absolute Gasteiger partial charge is 0.268 e. The molecule has 0 saturated heterocycles. The van der Waals surface area contributed by atoms with Crippen LogP contribution in [0.4, 0.5) is 8.78 Å². The van der Waals surface area contributed by atoms with E-state index in [1.165, 1.54) is 18.0 Å². The summed E-state index contributed by atoms with van der Waals surface area (Å²) in [5.74, 6) is -2.90. The topological polar surface area (TPSA) is 94.8 Å². The van der Waals surface area contributed by atoms with Crippen LogP contribution < -0.4 is 10.1 Å². The van der Waals surface area contributed by atoms with Gasteiger partial charge in [-0.25, -0.2) is 13.8 Å². The minimum absolute atomic E-state index is 0.0178. The van der Waals surface area contributed by atoms with E-state index in [-0.39, 0.29) is 43.4 Å². The van der Waals surface area contributed by atoms with Crippen LogP contribution in [0.15, 0.2) is 53.6 Å². The second kappa shape index (κ2) is 9.34. The molecule has 1 aliphatic heterocycles. The second-order valence-corrected chi connectivity index (χ2v) is 7.25. The van der Waals surface area contributed by atoms with Gasteiger partial charge in [0.05, 0.1) is 12.6 Å². The Morgan fingerprint density at radius 2 is 1.97 bits per heavy atom. The van der Waals surface area contributed by atoms with Crippen molar-refractivity contribution in [3.8, 4) is 11.8 Å². The molecule has 3 rings (SSSR count). The van der Waals surface area contributed by atoms with Crippen LogP contribution in [0.5, 0.6) is 5.75 Å². The van der Waals surface area contributed by atoms with E-state index in [1.54, 1.807) is 0 Å². The standard InChI is InChI=1S/C22H20F2N4O3/c1-22(13-25,14-31-16-7-8-17(23)18(24)11-16)26-21(30)19-9-10-20(29)28(27-19)12-15-5-3-2-4-6-15/h2-8,11H,9-10,12,14H2,1H3,(H,26,30)/t22-/m1/s1. The zero-order chi connectivity index (χ0) is 22.4. The van der Waals surface area contributed by atoms with E-state index >= 15 is 0 Å². The molecule has 2 aromatic rings. The van der Waals surface area contributed by atoms with Gasteiger partial charge in [0.1, 0.15) is 18.1 Å². The molecule has 0 radical (unpaired) electrons. The number of benzene rings is 2. The van der Waals surface area contributed by atoms with Crippen LogP contribution in [0.25, 0.3) is 0 Å². The Hall–Kier alpha value is -3.80. The maximum absolute atomic E-state index is 13.3. The van der Waals surface area contributed by atoms with Gasteiger partial charge >= 0.3 is 0 Å². The van der Waals surface area contributed by atoms with Crippen LogP contribution in [0.1, 0.15) is 25.3 Å². The third-order valence-electron chi connectivity index (χ3n) is 4.60. The van der Waals surface area contributed by atoms with Gasteiger partial charge in [0.2, 0.25) is 5.91 Å². The maximum Gasteiger partial charge on any atom is 0.268 e. The van der Waals surface area contributed by atoms with Gasteiger partial charge < -0.3 is 10.1 Å². The van der Waals surface area contributed by atoms with E-state index in [2.05, 4.69) is 10.4 Å². The monoisotopic (exact) mass is 426 g/mol. The normalized spacial score (nSPS) is 15.5. The third-order valence-corrected chi connectivity index (χ3v) is 4.60. The Balaban J connectivity index is 1.67. The van der Waals surface area contributed by atoms with Crippen molar-refractivity contribution >= 4 is 17.5 Å². The minimum atomic E-state index is -1.46. The number of rotatable bonds is 7. The molecule has 0 spiro atoms. The Kier molecular flexibility index (Phi) is 6.60. The molecule has 1 aliphatic rings. The summed E-state index contributed by atoms with van der Waals surface area (Å²) in [7, 11) is 0. The number of hydrogen-bond donors (Lipinski definition) is 1. The molecule has 0 aromatic heterocycles. The fourth-order valence-corrected chi connectivity index (χ4v) is 2.86. The molecular formula is C22H20F2N4O3. The van der Waals surface area contributed by atoms with Crippen LogP contribution in [0.2, 0.25) is 0 Å². The first-order valence-corrected chi connectivity index (χ1v) is 9.53. The van der Waals surface area contributed by atoms with Gasteiger partial charge in [0.15, 0.2) is 17.2 Å². The quantitative estimate of drug-likeness (QED) is 0.737. The van der Waals surface area contributed by atoms with E-state index in [1.807, 2.05) is 36.4 Å². The minimum Gasteiger partial charge on any atom is -0.490 e. The molecule has 2 aromatic carbocycles. The lowest BCUT2D eigenvalue weighted by Gasteiger charge is -2.26. The molecule has 31 heavy (non-hydrogen) atoms. The molecule has 1 atom stereocenters. The zero-order valence-corrected chi connectivity index (χ0v) is 16.8. The van der Waals surface area contributed by atoms with Gasteiger partial charge in [-0.3, -0.25) is 9.59 Å². The highest BCUT2D eigenvalue weighted by Gasteiger charge is 2.32. The summed E-state index contributed by atoms with van der Waals surface area (Å²) in [6.07, 6.45) is 0.259. The number of halogens is 2. The van der Waals surface area contributed by atoms with Crippen molar-refractivity contribution in [1.29, 1.82) is 5.26 Å². The van der Waals surface area contributed by atoms with Crippen molar-refractivity contribution in [2.45, 2.75) is 31.8 Å². The predicted octanol–water partition coefficient (Wildman–Crippen LogP) is 2.92. The summed E-state index contributed by atoms with van der Waals surface area (Å²) >= 11 is 0. The highest BCUT2D eigenvalue weighted by atomic mass is 19.2. The van der Waals surface area contributed by atoms with Gasteiger partial charge in [-0.1, -0.05) is 30.3 Å². The van der Waals surface area contributed by atoms with Crippen molar-refractivity contribution in [2.75, 3.05) is 6.61 Å². The first-order chi connectivity index (χ1) is 14.8. The molecule has 0 aliphatic carbocycles. The van der Waals surface area contributed by atoms with Crippen molar-refractivity contribution in [3.05, 3.63) is 65.7 Å². The fraction of sp³-hybridized carbons (Fsp3) is 0.273. The number of hydrogen-bond acceptors (Lipinski definition) is 5. The van der Waals surface area contributed by atoms with Crippen LogP contribution in [0.3, 0.4) is 0 Å². The average Bonchev–Trinajstić information content (AvgIpc) is 2.77. The molecule has 1 heterocycles. The molecule has 0 bridgehead atoms. The summed E-state index contributed by atoms with van der Waals surface area (Å²) in [6, 6.07) is 14.2. The Morgan fingerprint density at radius 1 is 1.23 bits per heavy atom. The Morgan fingerprint density at radius 3 is 2.65 bits per heavy atom. The summed E-state index contributed by atoms with van der Waals surface area (Å²) in [5.41, 5.74) is -0.483. The summed E-state index contributed by atoms with van der Waals surface area (Å²) in [6.45, 7) is 1.35.